The number of halogens is 1. The van der Waals surface area contributed by atoms with Gasteiger partial charge in [-0.2, -0.15) is 10.1 Å². The largest absolute Gasteiger partial charge is 0.396 e. The Kier molecular flexibility index (Phi) is 6.99. The third-order valence-electron chi connectivity index (χ3n) is 4.15. The van der Waals surface area contributed by atoms with E-state index in [4.69, 9.17) is 11.6 Å². The first-order valence-electron chi connectivity index (χ1n) is 9.04. The Morgan fingerprint density at radius 3 is 2.79 bits per heavy atom. The van der Waals surface area contributed by atoms with Gasteiger partial charge in [-0.3, -0.25) is 9.48 Å². The number of anilines is 3. The Morgan fingerprint density at radius 1 is 1.28 bits per heavy atom. The van der Waals surface area contributed by atoms with Crippen LogP contribution in [0.2, 0.25) is 5.02 Å². The van der Waals surface area contributed by atoms with Crippen molar-refractivity contribution >= 4 is 35.0 Å². The summed E-state index contributed by atoms with van der Waals surface area (Å²) in [6.07, 6.45) is 5.25. The Labute approximate surface area is 173 Å². The normalized spacial score (nSPS) is 11.7. The highest BCUT2D eigenvalue weighted by atomic mass is 35.5. The molecule has 2 aromatic heterocycles. The summed E-state index contributed by atoms with van der Waals surface area (Å²) in [5.74, 6) is 0.626. The van der Waals surface area contributed by atoms with Crippen LogP contribution < -0.4 is 16.0 Å². The molecule has 152 valence electrons. The van der Waals surface area contributed by atoms with Crippen LogP contribution in [-0.4, -0.2) is 44.4 Å². The lowest BCUT2D eigenvalue weighted by Crippen LogP contribution is -2.23. The molecule has 0 saturated heterocycles. The van der Waals surface area contributed by atoms with Crippen LogP contribution in [0, 0.1) is 0 Å². The predicted molar refractivity (Wildman–Crippen MR) is 111 cm³/mol. The quantitative estimate of drug-likeness (QED) is 0.423. The SMILES string of the molecule is CNC(=O)Cn1cc(Nc2ncc(Cl)c(NC(CCO)c3ccccc3)n2)cn1. The highest BCUT2D eigenvalue weighted by molar-refractivity contribution is 6.32. The van der Waals surface area contributed by atoms with E-state index in [9.17, 15) is 9.90 Å². The lowest BCUT2D eigenvalue weighted by Gasteiger charge is -2.20. The van der Waals surface area contributed by atoms with Crippen molar-refractivity contribution in [2.45, 2.75) is 19.0 Å². The van der Waals surface area contributed by atoms with Crippen molar-refractivity contribution in [1.82, 2.24) is 25.1 Å². The number of nitrogens with one attached hydrogen (secondary N) is 3. The van der Waals surface area contributed by atoms with Crippen molar-refractivity contribution in [1.29, 1.82) is 0 Å². The summed E-state index contributed by atoms with van der Waals surface area (Å²) >= 11 is 6.27. The molecule has 1 unspecified atom stereocenters. The Balaban J connectivity index is 1.74. The number of likely N-dealkylation sites (N-methyl/N-ethyl adjacent to an activating group) is 1. The molecule has 10 heteroatoms. The molecule has 3 aromatic rings. The number of nitrogens with zero attached hydrogens (tertiary/aromatic N) is 4. The Bertz CT molecular complexity index is 949. The third kappa shape index (κ3) is 5.66. The van der Waals surface area contributed by atoms with E-state index < -0.39 is 0 Å². The maximum atomic E-state index is 11.4. The van der Waals surface area contributed by atoms with Crippen molar-refractivity contribution in [3.63, 3.8) is 0 Å². The van der Waals surface area contributed by atoms with E-state index in [-0.39, 0.29) is 25.1 Å². The molecule has 1 atom stereocenters. The average molecular weight is 416 g/mol. The fourth-order valence-corrected chi connectivity index (χ4v) is 2.85. The molecule has 0 fully saturated rings. The zero-order valence-electron chi connectivity index (χ0n) is 15.8. The second kappa shape index (κ2) is 9.85. The molecular weight excluding hydrogens is 394 g/mol. The van der Waals surface area contributed by atoms with Gasteiger partial charge in [-0.1, -0.05) is 41.9 Å². The predicted octanol–water partition coefficient (Wildman–Crippen LogP) is 2.35. The molecule has 0 aliphatic carbocycles. The van der Waals surface area contributed by atoms with Gasteiger partial charge in [-0.05, 0) is 12.0 Å². The van der Waals surface area contributed by atoms with Gasteiger partial charge in [0.2, 0.25) is 11.9 Å². The van der Waals surface area contributed by atoms with Gasteiger partial charge in [-0.25, -0.2) is 4.98 Å². The van der Waals surface area contributed by atoms with Crippen molar-refractivity contribution in [2.24, 2.45) is 0 Å². The number of aromatic nitrogens is 4. The maximum absolute atomic E-state index is 11.4. The number of carbonyl (C=O) groups excluding carboxylic acids is 1. The topological polar surface area (TPSA) is 117 Å². The summed E-state index contributed by atoms with van der Waals surface area (Å²) in [6.45, 7) is 0.136. The number of hydrogen-bond donors (Lipinski definition) is 4. The summed E-state index contributed by atoms with van der Waals surface area (Å²) in [6, 6.07) is 9.60. The van der Waals surface area contributed by atoms with Crippen LogP contribution in [0.5, 0.6) is 0 Å². The van der Waals surface area contributed by atoms with Crippen molar-refractivity contribution in [3.05, 3.63) is 59.5 Å². The molecule has 0 aliphatic heterocycles. The number of benzene rings is 1. The molecular formula is C19H22ClN7O2. The first-order valence-corrected chi connectivity index (χ1v) is 9.41. The van der Waals surface area contributed by atoms with Crippen molar-refractivity contribution < 1.29 is 9.90 Å². The summed E-state index contributed by atoms with van der Waals surface area (Å²) in [5.41, 5.74) is 1.65. The van der Waals surface area contributed by atoms with E-state index in [0.717, 1.165) is 5.56 Å². The average Bonchev–Trinajstić information content (AvgIpc) is 3.17. The minimum atomic E-state index is -0.156. The summed E-state index contributed by atoms with van der Waals surface area (Å²) in [7, 11) is 1.57. The second-order valence-electron chi connectivity index (χ2n) is 6.23. The molecule has 4 N–H and O–H groups in total. The molecule has 29 heavy (non-hydrogen) atoms. The van der Waals surface area contributed by atoms with Gasteiger partial charge in [-0.15, -0.1) is 0 Å². The van der Waals surface area contributed by atoms with Gasteiger partial charge < -0.3 is 21.1 Å². The van der Waals surface area contributed by atoms with E-state index in [0.29, 0.717) is 28.9 Å². The van der Waals surface area contributed by atoms with Crippen LogP contribution in [0.25, 0.3) is 0 Å². The molecule has 2 heterocycles. The standard InChI is InChI=1S/C19H22ClN7O2/c1-21-17(29)12-27-11-14(9-23-27)24-19-22-10-15(20)18(26-19)25-16(7-8-28)13-5-3-2-4-6-13/h2-6,9-11,16,28H,7-8,12H2,1H3,(H,21,29)(H2,22,24,25,26). The van der Waals surface area contributed by atoms with E-state index in [1.165, 1.54) is 10.9 Å². The first-order chi connectivity index (χ1) is 14.1. The lowest BCUT2D eigenvalue weighted by molar-refractivity contribution is -0.121. The molecule has 0 aliphatic rings. The fraction of sp³-hybridized carbons (Fsp3) is 0.263. The van der Waals surface area contributed by atoms with E-state index >= 15 is 0 Å². The number of carbonyl (C=O) groups is 1. The van der Waals surface area contributed by atoms with Gasteiger partial charge in [0.15, 0.2) is 5.82 Å². The monoisotopic (exact) mass is 415 g/mol. The molecule has 1 amide bonds. The molecule has 0 saturated carbocycles. The molecule has 0 spiro atoms. The lowest BCUT2D eigenvalue weighted by atomic mass is 10.0. The van der Waals surface area contributed by atoms with Gasteiger partial charge >= 0.3 is 0 Å². The molecule has 0 radical (unpaired) electrons. The zero-order valence-corrected chi connectivity index (χ0v) is 16.6. The van der Waals surface area contributed by atoms with Crippen LogP contribution in [0.4, 0.5) is 17.5 Å². The van der Waals surface area contributed by atoms with E-state index in [1.807, 2.05) is 30.3 Å². The Morgan fingerprint density at radius 2 is 2.07 bits per heavy atom. The first kappa shape index (κ1) is 20.6. The van der Waals surface area contributed by atoms with Crippen molar-refractivity contribution in [3.8, 4) is 0 Å². The molecule has 9 nitrogen and oxygen atoms in total. The van der Waals surface area contributed by atoms with Gasteiger partial charge in [0.25, 0.3) is 0 Å². The minimum absolute atomic E-state index is 0.0187. The minimum Gasteiger partial charge on any atom is -0.396 e. The molecule has 0 bridgehead atoms. The number of rotatable bonds is 9. The second-order valence-corrected chi connectivity index (χ2v) is 6.64. The molecule has 1 aromatic carbocycles. The third-order valence-corrected chi connectivity index (χ3v) is 4.43. The van der Waals surface area contributed by atoms with Crippen LogP contribution in [0.3, 0.4) is 0 Å². The number of aliphatic hydroxyl groups is 1. The summed E-state index contributed by atoms with van der Waals surface area (Å²) in [5, 5.41) is 22.8. The highest BCUT2D eigenvalue weighted by Crippen LogP contribution is 2.27. The van der Waals surface area contributed by atoms with E-state index in [1.54, 1.807) is 19.4 Å². The summed E-state index contributed by atoms with van der Waals surface area (Å²) < 4.78 is 1.50. The van der Waals surface area contributed by atoms with Crippen molar-refractivity contribution in [2.75, 3.05) is 24.3 Å². The van der Waals surface area contributed by atoms with Crippen LogP contribution >= 0.6 is 11.6 Å². The number of aliphatic hydroxyl groups excluding tert-OH is 1. The maximum Gasteiger partial charge on any atom is 0.241 e. The van der Waals surface area contributed by atoms with Gasteiger partial charge in [0, 0.05) is 19.9 Å². The van der Waals surface area contributed by atoms with Crippen LogP contribution in [-0.2, 0) is 11.3 Å². The summed E-state index contributed by atoms with van der Waals surface area (Å²) in [4.78, 5) is 20.1. The smallest absolute Gasteiger partial charge is 0.241 e. The fourth-order valence-electron chi connectivity index (χ4n) is 2.70. The zero-order chi connectivity index (χ0) is 20.6. The van der Waals surface area contributed by atoms with Crippen LogP contribution in [0.15, 0.2) is 48.9 Å². The Hall–Kier alpha value is -3.17. The molecule has 3 rings (SSSR count). The number of hydrogen-bond acceptors (Lipinski definition) is 7. The van der Waals surface area contributed by atoms with Gasteiger partial charge in [0.05, 0.1) is 24.1 Å². The highest BCUT2D eigenvalue weighted by Gasteiger charge is 2.15. The van der Waals surface area contributed by atoms with Gasteiger partial charge in [0.1, 0.15) is 11.6 Å². The van der Waals surface area contributed by atoms with E-state index in [2.05, 4.69) is 31.0 Å². The number of amides is 1. The van der Waals surface area contributed by atoms with Crippen LogP contribution in [0.1, 0.15) is 18.0 Å².